The van der Waals surface area contributed by atoms with Gasteiger partial charge in [0, 0.05) is 6.54 Å². The molecule has 0 aliphatic carbocycles. The van der Waals surface area contributed by atoms with E-state index in [1.807, 2.05) is 0 Å². The Morgan fingerprint density at radius 1 is 0.639 bits per heavy atom. The SMILES string of the molecule is CCCCCCCCCCCCCCCC(NCCCCCCCCCCCC)P(=O)(O)OCCN. The van der Waals surface area contributed by atoms with Crippen molar-refractivity contribution in [1.82, 2.24) is 5.32 Å². The highest BCUT2D eigenvalue weighted by molar-refractivity contribution is 7.53. The van der Waals surface area contributed by atoms with Gasteiger partial charge in [0.1, 0.15) is 5.78 Å². The zero-order valence-electron chi connectivity index (χ0n) is 24.5. The quantitative estimate of drug-likeness (QED) is 0.0633. The van der Waals surface area contributed by atoms with Crippen molar-refractivity contribution in [3.63, 3.8) is 0 Å². The first-order valence-electron chi connectivity index (χ1n) is 16.0. The second kappa shape index (κ2) is 28.1. The standard InChI is InChI=1S/C30H65N2O3P/c1-3-5-7-9-11-13-15-16-17-18-20-22-24-26-30(36(33,34)35-29-27-31)32-28-25-23-21-19-14-12-10-8-6-4-2/h30,32H,3-29,31H2,1-2H3,(H,33,34). The van der Waals surface area contributed by atoms with Gasteiger partial charge in [0.2, 0.25) is 0 Å². The van der Waals surface area contributed by atoms with Gasteiger partial charge in [-0.1, -0.05) is 155 Å². The maximum atomic E-state index is 12.8. The van der Waals surface area contributed by atoms with E-state index in [-0.39, 0.29) is 13.2 Å². The number of unbranched alkanes of at least 4 members (excludes halogenated alkanes) is 21. The summed E-state index contributed by atoms with van der Waals surface area (Å²) in [5, 5.41) is 3.36. The van der Waals surface area contributed by atoms with Gasteiger partial charge < -0.3 is 20.5 Å². The molecule has 0 aliphatic rings. The molecule has 0 radical (unpaired) electrons. The fraction of sp³-hybridized carbons (Fsp3) is 1.00. The molecule has 0 bridgehead atoms. The molecule has 0 saturated carbocycles. The van der Waals surface area contributed by atoms with Crippen LogP contribution in [0.3, 0.4) is 0 Å². The van der Waals surface area contributed by atoms with Gasteiger partial charge in [-0.3, -0.25) is 4.57 Å². The third-order valence-corrected chi connectivity index (χ3v) is 9.06. The summed E-state index contributed by atoms with van der Waals surface area (Å²) in [4.78, 5) is 10.5. The molecule has 0 aromatic carbocycles. The lowest BCUT2D eigenvalue weighted by atomic mass is 10.0. The molecule has 218 valence electrons. The normalized spacial score (nSPS) is 14.2. The van der Waals surface area contributed by atoms with Crippen molar-refractivity contribution in [2.75, 3.05) is 19.7 Å². The largest absolute Gasteiger partial charge is 0.344 e. The summed E-state index contributed by atoms with van der Waals surface area (Å²) in [6.07, 6.45) is 30.7. The zero-order valence-corrected chi connectivity index (χ0v) is 25.4. The van der Waals surface area contributed by atoms with E-state index < -0.39 is 13.4 Å². The summed E-state index contributed by atoms with van der Waals surface area (Å²) < 4.78 is 18.0. The predicted octanol–water partition coefficient (Wildman–Crippen LogP) is 9.47. The highest BCUT2D eigenvalue weighted by atomic mass is 31.2. The highest BCUT2D eigenvalue weighted by Crippen LogP contribution is 2.48. The minimum Gasteiger partial charge on any atom is -0.328 e. The van der Waals surface area contributed by atoms with Crippen LogP contribution >= 0.6 is 7.60 Å². The van der Waals surface area contributed by atoms with Gasteiger partial charge in [-0.15, -0.1) is 0 Å². The fourth-order valence-corrected chi connectivity index (χ4v) is 6.31. The lowest BCUT2D eigenvalue weighted by molar-refractivity contribution is 0.248. The smallest absolute Gasteiger partial charge is 0.328 e. The molecule has 0 saturated heterocycles. The fourth-order valence-electron chi connectivity index (χ4n) is 4.89. The molecule has 0 aromatic rings. The Morgan fingerprint density at radius 3 is 1.39 bits per heavy atom. The molecule has 0 rings (SSSR count). The van der Waals surface area contributed by atoms with Crippen LogP contribution in [0.15, 0.2) is 0 Å². The molecule has 0 heterocycles. The summed E-state index contributed by atoms with van der Waals surface area (Å²) in [6.45, 7) is 5.74. The van der Waals surface area contributed by atoms with Crippen LogP contribution in [0, 0.1) is 0 Å². The van der Waals surface area contributed by atoms with Crippen LogP contribution in [0.4, 0.5) is 0 Å². The van der Waals surface area contributed by atoms with Gasteiger partial charge in [-0.25, -0.2) is 0 Å². The van der Waals surface area contributed by atoms with Gasteiger partial charge in [-0.05, 0) is 19.4 Å². The first-order chi connectivity index (χ1) is 17.6. The minimum atomic E-state index is -3.67. The van der Waals surface area contributed by atoms with Crippen molar-refractivity contribution in [3.8, 4) is 0 Å². The van der Waals surface area contributed by atoms with Crippen LogP contribution in [0.5, 0.6) is 0 Å². The topological polar surface area (TPSA) is 84.6 Å². The number of rotatable bonds is 30. The van der Waals surface area contributed by atoms with E-state index in [9.17, 15) is 9.46 Å². The molecule has 2 unspecified atom stereocenters. The molecular formula is C30H65N2O3P. The molecule has 0 aliphatic heterocycles. The highest BCUT2D eigenvalue weighted by Gasteiger charge is 2.31. The van der Waals surface area contributed by atoms with Crippen LogP contribution in [0.1, 0.15) is 168 Å². The second-order valence-corrected chi connectivity index (χ2v) is 12.9. The van der Waals surface area contributed by atoms with E-state index >= 15 is 0 Å². The number of nitrogens with two attached hydrogens (primary N) is 1. The van der Waals surface area contributed by atoms with E-state index in [4.69, 9.17) is 10.3 Å². The summed E-state index contributed by atoms with van der Waals surface area (Å²) in [5.41, 5.74) is 5.50. The number of hydrogen-bond acceptors (Lipinski definition) is 4. The van der Waals surface area contributed by atoms with Crippen LogP contribution in [0.2, 0.25) is 0 Å². The summed E-state index contributed by atoms with van der Waals surface area (Å²) in [5.74, 6) is -0.463. The van der Waals surface area contributed by atoms with E-state index in [0.717, 1.165) is 25.8 Å². The molecule has 0 amide bonds. The second-order valence-electron chi connectivity index (χ2n) is 10.9. The lowest BCUT2D eigenvalue weighted by Gasteiger charge is -2.24. The Bertz CT molecular complexity index is 479. The van der Waals surface area contributed by atoms with E-state index in [0.29, 0.717) is 6.42 Å². The van der Waals surface area contributed by atoms with Gasteiger partial charge in [0.05, 0.1) is 6.61 Å². The first kappa shape index (κ1) is 36.1. The van der Waals surface area contributed by atoms with Gasteiger partial charge in [0.25, 0.3) is 0 Å². The molecule has 4 N–H and O–H groups in total. The maximum Gasteiger partial charge on any atom is 0.344 e. The average molecular weight is 533 g/mol. The Morgan fingerprint density at radius 2 is 1.00 bits per heavy atom. The van der Waals surface area contributed by atoms with Crippen molar-refractivity contribution < 1.29 is 14.0 Å². The van der Waals surface area contributed by atoms with Crippen molar-refractivity contribution in [2.24, 2.45) is 5.73 Å². The minimum absolute atomic E-state index is 0.142. The number of nitrogens with one attached hydrogen (secondary N) is 1. The van der Waals surface area contributed by atoms with Crippen LogP contribution in [-0.2, 0) is 9.09 Å². The third kappa shape index (κ3) is 24.4. The van der Waals surface area contributed by atoms with Crippen LogP contribution in [-0.4, -0.2) is 30.4 Å². The van der Waals surface area contributed by atoms with Crippen molar-refractivity contribution in [1.29, 1.82) is 0 Å². The van der Waals surface area contributed by atoms with Crippen LogP contribution < -0.4 is 11.1 Å². The van der Waals surface area contributed by atoms with Crippen LogP contribution in [0.25, 0.3) is 0 Å². The molecule has 0 fully saturated rings. The van der Waals surface area contributed by atoms with Crippen molar-refractivity contribution in [3.05, 3.63) is 0 Å². The van der Waals surface area contributed by atoms with E-state index in [1.165, 1.54) is 128 Å². The Hall–Kier alpha value is 0.0700. The molecular weight excluding hydrogens is 467 g/mol. The van der Waals surface area contributed by atoms with Crippen molar-refractivity contribution in [2.45, 2.75) is 174 Å². The Labute approximate surface area is 226 Å². The molecule has 0 spiro atoms. The Balaban J connectivity index is 3.90. The molecule has 36 heavy (non-hydrogen) atoms. The monoisotopic (exact) mass is 532 g/mol. The molecule has 0 aromatic heterocycles. The van der Waals surface area contributed by atoms with Gasteiger partial charge in [0.15, 0.2) is 0 Å². The van der Waals surface area contributed by atoms with Crippen molar-refractivity contribution >= 4 is 7.60 Å². The van der Waals surface area contributed by atoms with Gasteiger partial charge in [-0.2, -0.15) is 0 Å². The number of hydrogen-bond donors (Lipinski definition) is 3. The summed E-state index contributed by atoms with van der Waals surface area (Å²) >= 11 is 0. The maximum absolute atomic E-state index is 12.8. The molecule has 5 nitrogen and oxygen atoms in total. The first-order valence-corrected chi connectivity index (χ1v) is 17.6. The Kier molecular flexibility index (Phi) is 28.1. The zero-order chi connectivity index (χ0) is 26.6. The van der Waals surface area contributed by atoms with E-state index in [1.54, 1.807) is 0 Å². The predicted molar refractivity (Wildman–Crippen MR) is 159 cm³/mol. The van der Waals surface area contributed by atoms with Gasteiger partial charge >= 0.3 is 7.60 Å². The lowest BCUT2D eigenvalue weighted by Crippen LogP contribution is -2.31. The average Bonchev–Trinajstić information content (AvgIpc) is 2.87. The summed E-state index contributed by atoms with van der Waals surface area (Å²) in [6, 6.07) is 0. The van der Waals surface area contributed by atoms with E-state index in [2.05, 4.69) is 19.2 Å². The third-order valence-electron chi connectivity index (χ3n) is 7.28. The molecule has 6 heteroatoms. The molecule has 2 atom stereocenters. The summed E-state index contributed by atoms with van der Waals surface area (Å²) in [7, 11) is -3.67.